The van der Waals surface area contributed by atoms with Gasteiger partial charge in [-0.2, -0.15) is 0 Å². The molecule has 0 N–H and O–H groups in total. The van der Waals surface area contributed by atoms with Crippen LogP contribution in [0.25, 0.3) is 21.5 Å². The summed E-state index contributed by atoms with van der Waals surface area (Å²) in [7, 11) is -2.98. The average Bonchev–Trinajstić information content (AvgIpc) is 3.35. The molecule has 0 amide bonds. The smallest absolute Gasteiger partial charge is 0.148 e. The van der Waals surface area contributed by atoms with Crippen LogP contribution in [0, 0.1) is 5.92 Å². The Morgan fingerprint density at radius 1 is 0.719 bits per heavy atom. The lowest BCUT2D eigenvalue weighted by molar-refractivity contribution is 0.315. The maximum Gasteiger partial charge on any atom is 0.148 e. The van der Waals surface area contributed by atoms with Crippen LogP contribution in [-0.2, 0) is 4.57 Å². The Morgan fingerprint density at radius 3 is 1.69 bits per heavy atom. The van der Waals surface area contributed by atoms with E-state index in [1.807, 2.05) is 0 Å². The largest absolute Gasteiger partial charge is 0.313 e. The minimum Gasteiger partial charge on any atom is -0.313 e. The highest BCUT2D eigenvalue weighted by atomic mass is 31.2. The van der Waals surface area contributed by atoms with Gasteiger partial charge < -0.3 is 9.46 Å². The SMILES string of the molecule is CC(C)[C@@H](CN1CCCC1)P(=O)(c1cccc2ccccc12)c1cccc2ccccc12. The predicted octanol–water partition coefficient (Wildman–Crippen LogP) is 6.43. The van der Waals surface area contributed by atoms with Crippen LogP contribution in [0.5, 0.6) is 0 Å². The number of benzene rings is 4. The maximum atomic E-state index is 15.7. The van der Waals surface area contributed by atoms with Gasteiger partial charge in [0.05, 0.1) is 0 Å². The minimum atomic E-state index is -2.98. The third-order valence-electron chi connectivity index (χ3n) is 7.13. The summed E-state index contributed by atoms with van der Waals surface area (Å²) in [5, 5.41) is 6.61. The first-order chi connectivity index (χ1) is 15.6. The standard InChI is InChI=1S/C29H32NOP/c1-22(2)29(21-30-19-7-8-20-30)32(31,27-17-9-13-23-11-3-5-15-25(23)27)28-18-10-14-24-12-4-6-16-26(24)28/h3-6,9-18,22,29H,7-8,19-21H2,1-2H3/t29-/m1/s1. The van der Waals surface area contributed by atoms with Gasteiger partial charge in [0.15, 0.2) is 0 Å². The quantitative estimate of drug-likeness (QED) is 0.322. The van der Waals surface area contributed by atoms with Crippen molar-refractivity contribution in [2.24, 2.45) is 5.92 Å². The van der Waals surface area contributed by atoms with E-state index in [-0.39, 0.29) is 5.66 Å². The molecule has 164 valence electrons. The molecule has 5 rings (SSSR count). The Labute approximate surface area is 191 Å². The molecule has 3 heteroatoms. The van der Waals surface area contributed by atoms with Crippen LogP contribution >= 0.6 is 7.14 Å². The van der Waals surface area contributed by atoms with Crippen LogP contribution in [0.15, 0.2) is 84.9 Å². The molecule has 4 aromatic carbocycles. The van der Waals surface area contributed by atoms with Gasteiger partial charge in [0.2, 0.25) is 0 Å². The normalized spacial score (nSPS) is 16.2. The molecule has 0 unspecified atom stereocenters. The molecule has 0 aliphatic carbocycles. The van der Waals surface area contributed by atoms with Gasteiger partial charge in [-0.25, -0.2) is 0 Å². The monoisotopic (exact) mass is 441 g/mol. The van der Waals surface area contributed by atoms with Gasteiger partial charge in [0.25, 0.3) is 0 Å². The van der Waals surface area contributed by atoms with E-state index in [1.54, 1.807) is 0 Å². The minimum absolute atomic E-state index is 0.0669. The van der Waals surface area contributed by atoms with Gasteiger partial charge in [-0.15, -0.1) is 0 Å². The van der Waals surface area contributed by atoms with Gasteiger partial charge in [0.1, 0.15) is 7.14 Å². The first kappa shape index (κ1) is 21.4. The van der Waals surface area contributed by atoms with Crippen molar-refractivity contribution in [2.75, 3.05) is 19.6 Å². The molecule has 0 aromatic heterocycles. The van der Waals surface area contributed by atoms with Crippen LogP contribution in [-0.4, -0.2) is 30.2 Å². The van der Waals surface area contributed by atoms with Crippen molar-refractivity contribution in [1.82, 2.24) is 4.90 Å². The zero-order valence-electron chi connectivity index (χ0n) is 19.1. The molecule has 0 bridgehead atoms. The zero-order valence-corrected chi connectivity index (χ0v) is 20.0. The number of likely N-dealkylation sites (tertiary alicyclic amines) is 1. The molecule has 1 saturated heterocycles. The van der Waals surface area contributed by atoms with Crippen LogP contribution in [0.2, 0.25) is 0 Å². The van der Waals surface area contributed by atoms with Gasteiger partial charge in [0, 0.05) is 22.8 Å². The van der Waals surface area contributed by atoms with Crippen molar-refractivity contribution in [2.45, 2.75) is 32.3 Å². The zero-order chi connectivity index (χ0) is 22.1. The molecule has 1 heterocycles. The van der Waals surface area contributed by atoms with Gasteiger partial charge in [-0.3, -0.25) is 0 Å². The lowest BCUT2D eigenvalue weighted by Crippen LogP contribution is -2.39. The first-order valence-corrected chi connectivity index (χ1v) is 13.7. The fourth-order valence-corrected chi connectivity index (χ4v) is 9.47. The van der Waals surface area contributed by atoms with Crippen molar-refractivity contribution in [3.63, 3.8) is 0 Å². The summed E-state index contributed by atoms with van der Waals surface area (Å²) in [4.78, 5) is 2.54. The molecular formula is C29H32NOP. The summed E-state index contributed by atoms with van der Waals surface area (Å²) in [6, 6.07) is 29.6. The van der Waals surface area contributed by atoms with Gasteiger partial charge in [-0.05, 0) is 53.4 Å². The lowest BCUT2D eigenvalue weighted by atomic mass is 10.1. The van der Waals surface area contributed by atoms with Gasteiger partial charge >= 0.3 is 0 Å². The molecule has 32 heavy (non-hydrogen) atoms. The van der Waals surface area contributed by atoms with Crippen LogP contribution in [0.3, 0.4) is 0 Å². The Kier molecular flexibility index (Phi) is 5.93. The second-order valence-corrected chi connectivity index (χ2v) is 12.4. The summed E-state index contributed by atoms with van der Waals surface area (Å²) < 4.78 is 15.7. The van der Waals surface area contributed by atoms with E-state index < -0.39 is 7.14 Å². The fraction of sp³-hybridized carbons (Fsp3) is 0.310. The number of fused-ring (bicyclic) bond motifs is 2. The highest BCUT2D eigenvalue weighted by molar-refractivity contribution is 7.80. The Morgan fingerprint density at radius 2 is 1.19 bits per heavy atom. The number of rotatable bonds is 6. The van der Waals surface area contributed by atoms with Crippen molar-refractivity contribution in [3.05, 3.63) is 84.9 Å². The molecule has 2 nitrogen and oxygen atoms in total. The molecule has 1 fully saturated rings. The maximum absolute atomic E-state index is 15.7. The van der Waals surface area contributed by atoms with E-state index in [4.69, 9.17) is 0 Å². The average molecular weight is 442 g/mol. The second-order valence-electron chi connectivity index (χ2n) is 9.47. The van der Waals surface area contributed by atoms with Crippen molar-refractivity contribution in [3.8, 4) is 0 Å². The highest BCUT2D eigenvalue weighted by Crippen LogP contribution is 2.54. The topological polar surface area (TPSA) is 20.3 Å². The van der Waals surface area contributed by atoms with Crippen molar-refractivity contribution >= 4 is 39.3 Å². The van der Waals surface area contributed by atoms with E-state index in [0.29, 0.717) is 5.92 Å². The molecule has 0 saturated carbocycles. The van der Waals surface area contributed by atoms with E-state index in [1.165, 1.54) is 12.8 Å². The molecule has 1 atom stereocenters. The van der Waals surface area contributed by atoms with E-state index in [0.717, 1.165) is 51.8 Å². The first-order valence-electron chi connectivity index (χ1n) is 11.9. The van der Waals surface area contributed by atoms with Crippen LogP contribution in [0.4, 0.5) is 0 Å². The molecule has 0 radical (unpaired) electrons. The third kappa shape index (κ3) is 3.70. The number of hydrogen-bond acceptors (Lipinski definition) is 2. The van der Waals surface area contributed by atoms with E-state index >= 15 is 4.57 Å². The number of hydrogen-bond donors (Lipinski definition) is 0. The van der Waals surface area contributed by atoms with Gasteiger partial charge in [-0.1, -0.05) is 98.8 Å². The van der Waals surface area contributed by atoms with Crippen molar-refractivity contribution < 1.29 is 4.57 Å². The summed E-state index contributed by atoms with van der Waals surface area (Å²) >= 11 is 0. The fourth-order valence-electron chi connectivity index (χ4n) is 5.46. The van der Waals surface area contributed by atoms with E-state index in [9.17, 15) is 0 Å². The molecule has 1 aliphatic heterocycles. The molecule has 4 aromatic rings. The summed E-state index contributed by atoms with van der Waals surface area (Å²) in [6.07, 6.45) is 2.50. The Balaban J connectivity index is 1.81. The number of nitrogens with zero attached hydrogens (tertiary/aromatic N) is 1. The van der Waals surface area contributed by atoms with Crippen molar-refractivity contribution in [1.29, 1.82) is 0 Å². The van der Waals surface area contributed by atoms with Crippen LogP contribution in [0.1, 0.15) is 26.7 Å². The Hall–Kier alpha value is -2.41. The molecule has 0 spiro atoms. The second kappa shape index (κ2) is 8.85. The summed E-state index contributed by atoms with van der Waals surface area (Å²) in [5.74, 6) is 0.305. The highest BCUT2D eigenvalue weighted by Gasteiger charge is 2.41. The summed E-state index contributed by atoms with van der Waals surface area (Å²) in [6.45, 7) is 7.64. The van der Waals surface area contributed by atoms with Crippen LogP contribution < -0.4 is 10.6 Å². The summed E-state index contributed by atoms with van der Waals surface area (Å²) in [5.41, 5.74) is 0.0669. The Bertz CT molecular complexity index is 1190. The van der Waals surface area contributed by atoms with E-state index in [2.05, 4.69) is 104 Å². The lowest BCUT2D eigenvalue weighted by Gasteiger charge is -2.35. The predicted molar refractivity (Wildman–Crippen MR) is 139 cm³/mol. The third-order valence-corrected chi connectivity index (χ3v) is 11.0. The molecular weight excluding hydrogens is 409 g/mol. The molecule has 1 aliphatic rings.